The third-order valence-corrected chi connectivity index (χ3v) is 3.07. The average molecular weight is 274 g/mol. The number of ether oxygens (including phenoxy) is 1. The fourth-order valence-electron chi connectivity index (χ4n) is 2.08. The molecule has 0 saturated heterocycles. The third kappa shape index (κ3) is 2.10. The van der Waals surface area contributed by atoms with Crippen molar-refractivity contribution in [2.75, 3.05) is 24.6 Å². The molecule has 0 saturated carbocycles. The molecule has 0 radical (unpaired) electrons. The van der Waals surface area contributed by atoms with E-state index in [4.69, 9.17) is 21.4 Å². The average Bonchev–Trinajstić information content (AvgIpc) is 2.31. The number of hydrogen-bond acceptors (Lipinski definition) is 3. The minimum absolute atomic E-state index is 0.232. The van der Waals surface area contributed by atoms with E-state index in [9.17, 15) is 9.18 Å². The van der Waals surface area contributed by atoms with Crippen molar-refractivity contribution in [2.24, 2.45) is 0 Å². The first-order valence-electron chi connectivity index (χ1n) is 5.69. The van der Waals surface area contributed by atoms with E-state index in [1.54, 1.807) is 0 Å². The molecule has 0 bridgehead atoms. The van der Waals surface area contributed by atoms with Crippen molar-refractivity contribution < 1.29 is 19.0 Å². The maximum atomic E-state index is 13.9. The van der Waals surface area contributed by atoms with Crippen molar-refractivity contribution in [1.82, 2.24) is 0 Å². The Balaban J connectivity index is 2.63. The lowest BCUT2D eigenvalue weighted by Gasteiger charge is -2.32. The summed E-state index contributed by atoms with van der Waals surface area (Å²) in [4.78, 5) is 13.0. The Morgan fingerprint density at radius 2 is 2.39 bits per heavy atom. The summed E-state index contributed by atoms with van der Waals surface area (Å²) in [6.07, 6.45) is 0.836. The van der Waals surface area contributed by atoms with Crippen LogP contribution in [0.4, 0.5) is 10.1 Å². The van der Waals surface area contributed by atoms with E-state index >= 15 is 0 Å². The number of carbonyl (C=O) groups is 1. The van der Waals surface area contributed by atoms with Crippen molar-refractivity contribution in [3.63, 3.8) is 0 Å². The zero-order chi connectivity index (χ0) is 13.3. The monoisotopic (exact) mass is 273 g/mol. The molecule has 1 aromatic rings. The first-order valence-corrected chi connectivity index (χ1v) is 6.07. The molecular formula is C12H13ClFNO3. The van der Waals surface area contributed by atoms with Gasteiger partial charge in [-0.05, 0) is 6.42 Å². The highest BCUT2D eigenvalue weighted by Crippen LogP contribution is 2.40. The largest absolute Gasteiger partial charge is 0.489 e. The number of rotatable bonds is 3. The fourth-order valence-corrected chi connectivity index (χ4v) is 2.28. The molecule has 0 amide bonds. The number of carboxylic acids is 1. The second kappa shape index (κ2) is 5.02. The van der Waals surface area contributed by atoms with Gasteiger partial charge >= 0.3 is 5.97 Å². The lowest BCUT2D eigenvalue weighted by molar-refractivity contribution is 0.0691. The van der Waals surface area contributed by atoms with E-state index in [0.29, 0.717) is 25.4 Å². The van der Waals surface area contributed by atoms with E-state index in [1.807, 2.05) is 11.8 Å². The molecule has 98 valence electrons. The molecule has 2 rings (SSSR count). The van der Waals surface area contributed by atoms with Crippen LogP contribution in [0.2, 0.25) is 5.02 Å². The first-order chi connectivity index (χ1) is 8.56. The maximum absolute atomic E-state index is 13.9. The summed E-state index contributed by atoms with van der Waals surface area (Å²) in [5, 5.41) is 8.92. The number of nitrogens with zero attached hydrogens (tertiary/aromatic N) is 1. The van der Waals surface area contributed by atoms with Gasteiger partial charge in [0.05, 0.1) is 17.3 Å². The number of carboxylic acid groups (broad SMARTS) is 1. The molecule has 18 heavy (non-hydrogen) atoms. The van der Waals surface area contributed by atoms with Gasteiger partial charge in [-0.1, -0.05) is 18.5 Å². The number of benzene rings is 1. The lowest BCUT2D eigenvalue weighted by Crippen LogP contribution is -2.35. The van der Waals surface area contributed by atoms with Gasteiger partial charge in [0.2, 0.25) is 0 Å². The highest BCUT2D eigenvalue weighted by atomic mass is 35.5. The smallest absolute Gasteiger partial charge is 0.341 e. The second-order valence-corrected chi connectivity index (χ2v) is 4.44. The van der Waals surface area contributed by atoms with Crippen LogP contribution in [-0.4, -0.2) is 30.8 Å². The van der Waals surface area contributed by atoms with Crippen LogP contribution in [0.15, 0.2) is 6.07 Å². The molecule has 0 atom stereocenters. The van der Waals surface area contributed by atoms with Crippen LogP contribution in [0.5, 0.6) is 5.75 Å². The van der Waals surface area contributed by atoms with Crippen molar-refractivity contribution in [3.8, 4) is 5.75 Å². The van der Waals surface area contributed by atoms with Crippen molar-refractivity contribution in [3.05, 3.63) is 22.5 Å². The normalized spacial score (nSPS) is 14.1. The topological polar surface area (TPSA) is 49.8 Å². The minimum atomic E-state index is -1.34. The van der Waals surface area contributed by atoms with E-state index in [1.165, 1.54) is 6.07 Å². The maximum Gasteiger partial charge on any atom is 0.341 e. The molecule has 0 fully saturated rings. The van der Waals surface area contributed by atoms with Crippen molar-refractivity contribution in [2.45, 2.75) is 13.3 Å². The van der Waals surface area contributed by atoms with E-state index in [-0.39, 0.29) is 10.7 Å². The zero-order valence-corrected chi connectivity index (χ0v) is 10.6. The number of hydrogen-bond donors (Lipinski definition) is 1. The molecule has 1 aromatic carbocycles. The predicted molar refractivity (Wildman–Crippen MR) is 66.4 cm³/mol. The Kier molecular flexibility index (Phi) is 3.61. The highest BCUT2D eigenvalue weighted by molar-refractivity contribution is 6.31. The van der Waals surface area contributed by atoms with Gasteiger partial charge in [0.25, 0.3) is 0 Å². The van der Waals surface area contributed by atoms with Crippen LogP contribution >= 0.6 is 11.6 Å². The van der Waals surface area contributed by atoms with Crippen LogP contribution in [0.3, 0.4) is 0 Å². The number of fused-ring (bicyclic) bond motifs is 1. The van der Waals surface area contributed by atoms with Gasteiger partial charge in [-0.3, -0.25) is 0 Å². The van der Waals surface area contributed by atoms with Crippen LogP contribution < -0.4 is 9.64 Å². The summed E-state index contributed by atoms with van der Waals surface area (Å²) in [7, 11) is 0. The molecule has 1 N–H and O–H groups in total. The quantitative estimate of drug-likeness (QED) is 0.920. The second-order valence-electron chi connectivity index (χ2n) is 4.03. The minimum Gasteiger partial charge on any atom is -0.489 e. The first kappa shape index (κ1) is 13.0. The van der Waals surface area contributed by atoms with Gasteiger partial charge in [0.15, 0.2) is 5.82 Å². The lowest BCUT2D eigenvalue weighted by atomic mass is 10.1. The van der Waals surface area contributed by atoms with Gasteiger partial charge in [-0.15, -0.1) is 0 Å². The predicted octanol–water partition coefficient (Wildman–Crippen LogP) is 2.79. The van der Waals surface area contributed by atoms with Gasteiger partial charge in [-0.2, -0.15) is 0 Å². The summed E-state index contributed by atoms with van der Waals surface area (Å²) in [5.41, 5.74) is -0.122. The SMILES string of the molecule is CCCN1CCOc2cc(Cl)c(F)c(C(=O)O)c21. The van der Waals surface area contributed by atoms with E-state index in [0.717, 1.165) is 6.42 Å². The van der Waals surface area contributed by atoms with E-state index < -0.39 is 17.3 Å². The summed E-state index contributed by atoms with van der Waals surface area (Å²) in [6, 6.07) is 1.33. The van der Waals surface area contributed by atoms with Crippen LogP contribution in [0, 0.1) is 5.82 Å². The Labute approximate surface area is 109 Å². The highest BCUT2D eigenvalue weighted by Gasteiger charge is 2.29. The number of halogens is 2. The molecule has 1 aliphatic heterocycles. The molecule has 0 unspecified atom stereocenters. The number of aromatic carboxylic acids is 1. The van der Waals surface area contributed by atoms with Gasteiger partial charge in [0.1, 0.15) is 17.9 Å². The van der Waals surface area contributed by atoms with Crippen LogP contribution in [0.25, 0.3) is 0 Å². The zero-order valence-electron chi connectivity index (χ0n) is 9.87. The molecule has 1 heterocycles. The summed E-state index contributed by atoms with van der Waals surface area (Å²) in [6.45, 7) is 3.61. The molecule has 0 spiro atoms. The van der Waals surface area contributed by atoms with Crippen LogP contribution in [0.1, 0.15) is 23.7 Å². The number of anilines is 1. The molecule has 0 aromatic heterocycles. The Morgan fingerprint density at radius 1 is 1.67 bits per heavy atom. The third-order valence-electron chi connectivity index (χ3n) is 2.80. The van der Waals surface area contributed by atoms with Crippen molar-refractivity contribution >= 4 is 23.3 Å². The Bertz CT molecular complexity index is 493. The Hall–Kier alpha value is -1.49. The molecule has 6 heteroatoms. The Morgan fingerprint density at radius 3 is 3.00 bits per heavy atom. The van der Waals surface area contributed by atoms with Gasteiger partial charge in [-0.25, -0.2) is 9.18 Å². The summed E-state index contributed by atoms with van der Waals surface area (Å²) >= 11 is 5.68. The summed E-state index contributed by atoms with van der Waals surface area (Å²) in [5.74, 6) is -1.91. The van der Waals surface area contributed by atoms with Crippen molar-refractivity contribution in [1.29, 1.82) is 0 Å². The van der Waals surface area contributed by atoms with Gasteiger partial charge in [0, 0.05) is 12.6 Å². The van der Waals surface area contributed by atoms with E-state index in [2.05, 4.69) is 0 Å². The standard InChI is InChI=1S/C12H13ClFNO3/c1-2-3-15-4-5-18-8-6-7(13)10(14)9(11(8)15)12(16)17/h6H,2-5H2,1H3,(H,16,17). The molecular weight excluding hydrogens is 261 g/mol. The molecule has 0 aliphatic carbocycles. The molecule has 4 nitrogen and oxygen atoms in total. The fraction of sp³-hybridized carbons (Fsp3) is 0.417. The summed E-state index contributed by atoms with van der Waals surface area (Å²) < 4.78 is 19.2. The molecule has 1 aliphatic rings. The van der Waals surface area contributed by atoms with Crippen LogP contribution in [-0.2, 0) is 0 Å². The van der Waals surface area contributed by atoms with Gasteiger partial charge < -0.3 is 14.7 Å².